The van der Waals surface area contributed by atoms with E-state index in [9.17, 15) is 4.91 Å². The maximum atomic E-state index is 10.6. The summed E-state index contributed by atoms with van der Waals surface area (Å²) in [7, 11) is 0. The fourth-order valence-electron chi connectivity index (χ4n) is 1.33. The van der Waals surface area contributed by atoms with Crippen LogP contribution in [0.2, 0.25) is 0 Å². The highest BCUT2D eigenvalue weighted by molar-refractivity contribution is 14.1. The maximum Gasteiger partial charge on any atom is 0.117 e. The molecule has 4 nitrogen and oxygen atoms in total. The number of nitrogens with zero attached hydrogens (tertiary/aromatic N) is 1. The third kappa shape index (κ3) is 1.72. The van der Waals surface area contributed by atoms with Gasteiger partial charge in [0.2, 0.25) is 0 Å². The van der Waals surface area contributed by atoms with Crippen molar-refractivity contribution in [3.63, 3.8) is 0 Å². The second kappa shape index (κ2) is 3.95. The van der Waals surface area contributed by atoms with Crippen LogP contribution in [-0.4, -0.2) is 6.67 Å². The minimum absolute atomic E-state index is 0.466. The molecule has 0 spiro atoms. The predicted molar refractivity (Wildman–Crippen MR) is 63.7 cm³/mol. The minimum atomic E-state index is 0.466. The smallest absolute Gasteiger partial charge is 0.117 e. The third-order valence-corrected chi connectivity index (χ3v) is 2.65. The van der Waals surface area contributed by atoms with Gasteiger partial charge in [0.15, 0.2) is 0 Å². The molecule has 0 atom stereocenters. The summed E-state index contributed by atoms with van der Waals surface area (Å²) in [6.07, 6.45) is 1.85. The van der Waals surface area contributed by atoms with Crippen molar-refractivity contribution in [2.24, 2.45) is 5.18 Å². The molecule has 1 aromatic carbocycles. The first-order valence-corrected chi connectivity index (χ1v) is 5.20. The molecule has 2 N–H and O–H groups in total. The topological polar surface area (TPSA) is 53.5 Å². The molecule has 1 aliphatic rings. The Balaban J connectivity index is 2.48. The third-order valence-electron chi connectivity index (χ3n) is 1.97. The molecule has 1 heterocycles. The van der Waals surface area contributed by atoms with Crippen LogP contribution in [0, 0.1) is 8.48 Å². The van der Waals surface area contributed by atoms with Gasteiger partial charge in [-0.3, -0.25) is 0 Å². The first-order valence-electron chi connectivity index (χ1n) is 4.12. The Morgan fingerprint density at radius 1 is 1.43 bits per heavy atom. The zero-order chi connectivity index (χ0) is 9.97. The summed E-state index contributed by atoms with van der Waals surface area (Å²) in [6.45, 7) is 0.694. The molecule has 1 aromatic rings. The van der Waals surface area contributed by atoms with Gasteiger partial charge in [-0.15, -0.1) is 4.91 Å². The average molecular weight is 301 g/mol. The number of rotatable bonds is 2. The van der Waals surface area contributed by atoms with Crippen molar-refractivity contribution in [2.45, 2.75) is 0 Å². The van der Waals surface area contributed by atoms with Crippen LogP contribution in [0.25, 0.3) is 5.70 Å². The van der Waals surface area contributed by atoms with E-state index in [2.05, 4.69) is 38.4 Å². The van der Waals surface area contributed by atoms with Crippen LogP contribution in [0.1, 0.15) is 5.56 Å². The zero-order valence-electron chi connectivity index (χ0n) is 7.25. The molecule has 2 rings (SSSR count). The van der Waals surface area contributed by atoms with Crippen molar-refractivity contribution in [1.82, 2.24) is 10.6 Å². The van der Waals surface area contributed by atoms with Crippen molar-refractivity contribution in [2.75, 3.05) is 6.67 Å². The number of hydrogen-bond donors (Lipinski definition) is 2. The van der Waals surface area contributed by atoms with Gasteiger partial charge >= 0.3 is 0 Å². The molecule has 5 heteroatoms. The Kier molecular flexibility index (Phi) is 2.67. The molecule has 0 aliphatic carbocycles. The molecule has 14 heavy (non-hydrogen) atoms. The standard InChI is InChI=1S/C9H8IN3O/c10-6-1-2-8(13-14)7(3-6)9-4-11-5-12-9/h1-4,11-12H,5H2. The summed E-state index contributed by atoms with van der Waals surface area (Å²) in [5.74, 6) is 0. The van der Waals surface area contributed by atoms with Gasteiger partial charge in [-0.25, -0.2) is 0 Å². The van der Waals surface area contributed by atoms with Gasteiger partial charge in [-0.1, -0.05) is 0 Å². The fourth-order valence-corrected chi connectivity index (χ4v) is 1.82. The van der Waals surface area contributed by atoms with E-state index in [-0.39, 0.29) is 0 Å². The first-order chi connectivity index (χ1) is 6.81. The van der Waals surface area contributed by atoms with Crippen molar-refractivity contribution in [1.29, 1.82) is 0 Å². The Labute approximate surface area is 94.9 Å². The largest absolute Gasteiger partial charge is 0.372 e. The highest BCUT2D eigenvalue weighted by Gasteiger charge is 2.11. The minimum Gasteiger partial charge on any atom is -0.372 e. The maximum absolute atomic E-state index is 10.6. The van der Waals surface area contributed by atoms with Crippen LogP contribution in [0.15, 0.2) is 29.6 Å². The van der Waals surface area contributed by atoms with E-state index in [1.54, 1.807) is 6.07 Å². The van der Waals surface area contributed by atoms with Crippen LogP contribution in [0.5, 0.6) is 0 Å². The van der Waals surface area contributed by atoms with E-state index < -0.39 is 0 Å². The lowest BCUT2D eigenvalue weighted by Crippen LogP contribution is -2.13. The van der Waals surface area contributed by atoms with Gasteiger partial charge in [-0.05, 0) is 46.0 Å². The molecule has 0 fully saturated rings. The molecule has 0 amide bonds. The summed E-state index contributed by atoms with van der Waals surface area (Å²) in [5.41, 5.74) is 2.22. The van der Waals surface area contributed by atoms with E-state index in [0.717, 1.165) is 14.8 Å². The van der Waals surface area contributed by atoms with E-state index in [1.165, 1.54) is 0 Å². The predicted octanol–water partition coefficient (Wildman–Crippen LogP) is 2.14. The van der Waals surface area contributed by atoms with Gasteiger partial charge in [0.25, 0.3) is 0 Å². The lowest BCUT2D eigenvalue weighted by atomic mass is 10.1. The van der Waals surface area contributed by atoms with Crippen LogP contribution in [0.3, 0.4) is 0 Å². The van der Waals surface area contributed by atoms with Gasteiger partial charge < -0.3 is 10.6 Å². The first kappa shape index (κ1) is 9.45. The molecule has 0 unspecified atom stereocenters. The number of benzene rings is 1. The molecule has 1 aliphatic heterocycles. The number of nitrogens with one attached hydrogen (secondary N) is 2. The number of halogens is 1. The Hall–Kier alpha value is -1.11. The molecule has 0 bridgehead atoms. The molecular formula is C9H8IN3O. The van der Waals surface area contributed by atoms with E-state index >= 15 is 0 Å². The molecule has 0 radical (unpaired) electrons. The van der Waals surface area contributed by atoms with Crippen LogP contribution in [0.4, 0.5) is 5.69 Å². The monoisotopic (exact) mass is 301 g/mol. The van der Waals surface area contributed by atoms with E-state index in [1.807, 2.05) is 18.3 Å². The van der Waals surface area contributed by atoms with E-state index in [0.29, 0.717) is 12.4 Å². The van der Waals surface area contributed by atoms with Gasteiger partial charge in [0.05, 0.1) is 12.4 Å². The van der Waals surface area contributed by atoms with Gasteiger partial charge in [0.1, 0.15) is 5.69 Å². The highest BCUT2D eigenvalue weighted by Crippen LogP contribution is 2.27. The van der Waals surface area contributed by atoms with Crippen molar-refractivity contribution in [3.8, 4) is 0 Å². The van der Waals surface area contributed by atoms with Crippen LogP contribution < -0.4 is 10.6 Å². The second-order valence-corrected chi connectivity index (χ2v) is 4.11. The quantitative estimate of drug-likeness (QED) is 0.650. The molecular weight excluding hydrogens is 293 g/mol. The second-order valence-electron chi connectivity index (χ2n) is 2.87. The fraction of sp³-hybridized carbons (Fsp3) is 0.111. The number of nitroso groups, excluding NO2 is 1. The Bertz CT molecular complexity index is 403. The summed E-state index contributed by atoms with van der Waals surface area (Å²) < 4.78 is 1.08. The summed E-state index contributed by atoms with van der Waals surface area (Å²) in [6, 6.07) is 5.53. The molecule has 72 valence electrons. The normalized spacial score (nSPS) is 14.2. The lowest BCUT2D eigenvalue weighted by Gasteiger charge is -2.05. The van der Waals surface area contributed by atoms with Crippen molar-refractivity contribution in [3.05, 3.63) is 38.4 Å². The van der Waals surface area contributed by atoms with Crippen molar-refractivity contribution >= 4 is 34.0 Å². The molecule has 0 saturated carbocycles. The van der Waals surface area contributed by atoms with Crippen LogP contribution in [-0.2, 0) is 0 Å². The van der Waals surface area contributed by atoms with E-state index in [4.69, 9.17) is 0 Å². The SMILES string of the molecule is O=Nc1ccc(I)cc1C1=CNCN1. The van der Waals surface area contributed by atoms with Crippen LogP contribution >= 0.6 is 22.6 Å². The highest BCUT2D eigenvalue weighted by atomic mass is 127. The van der Waals surface area contributed by atoms with Gasteiger partial charge in [-0.2, -0.15) is 0 Å². The average Bonchev–Trinajstić information content (AvgIpc) is 2.70. The summed E-state index contributed by atoms with van der Waals surface area (Å²) in [5, 5.41) is 9.14. The Morgan fingerprint density at radius 3 is 2.93 bits per heavy atom. The van der Waals surface area contributed by atoms with Crippen molar-refractivity contribution < 1.29 is 0 Å². The summed E-state index contributed by atoms with van der Waals surface area (Å²) in [4.78, 5) is 10.6. The van der Waals surface area contributed by atoms with Gasteiger partial charge in [0, 0.05) is 15.3 Å². The Morgan fingerprint density at radius 2 is 2.29 bits per heavy atom. The molecule has 0 saturated heterocycles. The molecule has 0 aromatic heterocycles. The lowest BCUT2D eigenvalue weighted by molar-refractivity contribution is 0.843. The number of hydrogen-bond acceptors (Lipinski definition) is 4. The zero-order valence-corrected chi connectivity index (χ0v) is 9.41. The summed E-state index contributed by atoms with van der Waals surface area (Å²) >= 11 is 2.21.